The Morgan fingerprint density at radius 3 is 2.12 bits per heavy atom. The van der Waals surface area contributed by atoms with Gasteiger partial charge in [0.15, 0.2) is 0 Å². The molecule has 0 unspecified atom stereocenters. The summed E-state index contributed by atoms with van der Waals surface area (Å²) in [6.45, 7) is 1.61. The Bertz CT molecular complexity index is 780. The van der Waals surface area contributed by atoms with Crippen molar-refractivity contribution in [2.24, 2.45) is 0 Å². The van der Waals surface area contributed by atoms with Crippen molar-refractivity contribution in [3.63, 3.8) is 0 Å². The topological polar surface area (TPSA) is 49.7 Å². The summed E-state index contributed by atoms with van der Waals surface area (Å²) in [6.07, 6.45) is 3.28. The smallest absolute Gasteiger partial charge is 0.0727 e. The molecular formula is C21H22BrIO3. The highest BCUT2D eigenvalue weighted by Gasteiger charge is 2.45. The first-order valence-electron chi connectivity index (χ1n) is 9.06. The van der Waals surface area contributed by atoms with E-state index in [2.05, 4.69) is 62.8 Å². The number of aliphatic hydroxyl groups excluding tert-OH is 2. The highest BCUT2D eigenvalue weighted by molar-refractivity contribution is 14.1. The molecule has 1 aliphatic carbocycles. The average molecular weight is 529 g/mol. The zero-order valence-electron chi connectivity index (χ0n) is 14.5. The van der Waals surface area contributed by atoms with Gasteiger partial charge in [0.05, 0.1) is 13.2 Å². The largest absolute Gasteiger partial charge is 0.396 e. The molecule has 0 bridgehead atoms. The van der Waals surface area contributed by atoms with Gasteiger partial charge < -0.3 is 14.9 Å². The van der Waals surface area contributed by atoms with Crippen LogP contribution in [0.4, 0.5) is 0 Å². The molecule has 2 aromatic rings. The standard InChI is InChI=1S/C21H22BrIO3/c22-15-7-13-11-26-12-14-8-16(23)10-18-20(14)19(13)17(9-15)21(18,3-1-5-24)4-2-6-25/h7-10,24-25H,1-6,11-12H2. The van der Waals surface area contributed by atoms with E-state index >= 15 is 0 Å². The molecule has 0 atom stereocenters. The molecule has 0 spiro atoms. The molecule has 1 heterocycles. The van der Waals surface area contributed by atoms with E-state index in [0.29, 0.717) is 13.2 Å². The first-order valence-corrected chi connectivity index (χ1v) is 10.9. The minimum absolute atomic E-state index is 0.151. The first-order chi connectivity index (χ1) is 12.6. The molecule has 1 aliphatic heterocycles. The van der Waals surface area contributed by atoms with Crippen molar-refractivity contribution in [3.8, 4) is 11.1 Å². The third-order valence-electron chi connectivity index (χ3n) is 5.69. The van der Waals surface area contributed by atoms with Gasteiger partial charge in [-0.2, -0.15) is 0 Å². The van der Waals surface area contributed by atoms with Crippen LogP contribution in [0.5, 0.6) is 0 Å². The lowest BCUT2D eigenvalue weighted by Gasteiger charge is -2.33. The summed E-state index contributed by atoms with van der Waals surface area (Å²) in [5, 5.41) is 19.1. The van der Waals surface area contributed by atoms with Gasteiger partial charge in [0.2, 0.25) is 0 Å². The molecule has 0 aromatic heterocycles. The summed E-state index contributed by atoms with van der Waals surface area (Å²) < 4.78 is 8.25. The second-order valence-electron chi connectivity index (χ2n) is 7.20. The molecule has 2 aromatic carbocycles. The summed E-state index contributed by atoms with van der Waals surface area (Å²) in [6, 6.07) is 8.95. The zero-order chi connectivity index (χ0) is 18.3. The van der Waals surface area contributed by atoms with Gasteiger partial charge in [-0.3, -0.25) is 0 Å². The van der Waals surface area contributed by atoms with Gasteiger partial charge in [-0.25, -0.2) is 0 Å². The lowest BCUT2D eigenvalue weighted by atomic mass is 9.71. The second-order valence-corrected chi connectivity index (χ2v) is 9.37. The molecule has 4 rings (SSSR count). The normalized spacial score (nSPS) is 16.5. The maximum atomic E-state index is 9.56. The van der Waals surface area contributed by atoms with Gasteiger partial charge in [0.25, 0.3) is 0 Å². The highest BCUT2D eigenvalue weighted by atomic mass is 127. The van der Waals surface area contributed by atoms with E-state index in [-0.39, 0.29) is 18.6 Å². The minimum atomic E-state index is -0.151. The summed E-state index contributed by atoms with van der Waals surface area (Å²) in [4.78, 5) is 0. The van der Waals surface area contributed by atoms with Gasteiger partial charge in [0.1, 0.15) is 0 Å². The van der Waals surface area contributed by atoms with Crippen LogP contribution in [-0.2, 0) is 23.4 Å². The number of rotatable bonds is 6. The van der Waals surface area contributed by atoms with Crippen molar-refractivity contribution in [2.75, 3.05) is 13.2 Å². The first kappa shape index (κ1) is 18.9. The van der Waals surface area contributed by atoms with Crippen LogP contribution in [0.2, 0.25) is 0 Å². The van der Waals surface area contributed by atoms with Crippen molar-refractivity contribution in [2.45, 2.75) is 44.3 Å². The molecule has 0 amide bonds. The van der Waals surface area contributed by atoms with E-state index in [1.54, 1.807) is 0 Å². The van der Waals surface area contributed by atoms with Crippen LogP contribution < -0.4 is 0 Å². The fourth-order valence-corrected chi connectivity index (χ4v) is 5.93. The lowest BCUT2D eigenvalue weighted by molar-refractivity contribution is 0.109. The average Bonchev–Trinajstić information content (AvgIpc) is 2.75. The van der Waals surface area contributed by atoms with Crippen LogP contribution >= 0.6 is 38.5 Å². The van der Waals surface area contributed by atoms with E-state index in [4.69, 9.17) is 4.74 Å². The number of hydrogen-bond donors (Lipinski definition) is 2. The molecule has 5 heteroatoms. The number of halogens is 2. The molecular weight excluding hydrogens is 507 g/mol. The maximum absolute atomic E-state index is 9.56. The molecule has 2 aliphatic rings. The Kier molecular flexibility index (Phi) is 5.45. The van der Waals surface area contributed by atoms with Crippen molar-refractivity contribution in [3.05, 3.63) is 54.6 Å². The van der Waals surface area contributed by atoms with Crippen LogP contribution in [-0.4, -0.2) is 23.4 Å². The van der Waals surface area contributed by atoms with E-state index in [0.717, 1.165) is 30.2 Å². The number of hydrogen-bond acceptors (Lipinski definition) is 3. The summed E-state index contributed by atoms with van der Waals surface area (Å²) in [5.74, 6) is 0. The van der Waals surface area contributed by atoms with Crippen molar-refractivity contribution >= 4 is 38.5 Å². The number of aliphatic hydroxyl groups is 2. The summed E-state index contributed by atoms with van der Waals surface area (Å²) in [7, 11) is 0. The fraction of sp³-hybridized carbons (Fsp3) is 0.429. The molecule has 3 nitrogen and oxygen atoms in total. The zero-order valence-corrected chi connectivity index (χ0v) is 18.3. The lowest BCUT2D eigenvalue weighted by Crippen LogP contribution is -2.27. The van der Waals surface area contributed by atoms with E-state index in [9.17, 15) is 10.2 Å². The Morgan fingerprint density at radius 2 is 1.50 bits per heavy atom. The van der Waals surface area contributed by atoms with Crippen LogP contribution in [0.15, 0.2) is 28.7 Å². The van der Waals surface area contributed by atoms with Crippen LogP contribution in [0, 0.1) is 3.57 Å². The Morgan fingerprint density at radius 1 is 0.923 bits per heavy atom. The van der Waals surface area contributed by atoms with Crippen LogP contribution in [0.25, 0.3) is 11.1 Å². The highest BCUT2D eigenvalue weighted by Crippen LogP contribution is 2.57. The molecule has 0 radical (unpaired) electrons. The number of ether oxygens (including phenoxy) is 1. The van der Waals surface area contributed by atoms with Gasteiger partial charge in [-0.15, -0.1) is 0 Å². The van der Waals surface area contributed by atoms with Gasteiger partial charge in [-0.1, -0.05) is 15.9 Å². The molecule has 0 saturated heterocycles. The molecule has 2 N–H and O–H groups in total. The summed E-state index contributed by atoms with van der Waals surface area (Å²) in [5.41, 5.74) is 7.66. The Labute approximate surface area is 176 Å². The Balaban J connectivity index is 2.04. The van der Waals surface area contributed by atoms with Crippen molar-refractivity contribution in [1.82, 2.24) is 0 Å². The molecule has 0 saturated carbocycles. The molecule has 26 heavy (non-hydrogen) atoms. The third kappa shape index (κ3) is 2.96. The van der Waals surface area contributed by atoms with E-state index in [1.165, 1.54) is 37.0 Å². The maximum Gasteiger partial charge on any atom is 0.0727 e. The minimum Gasteiger partial charge on any atom is -0.396 e. The monoisotopic (exact) mass is 528 g/mol. The SMILES string of the molecule is OCCCC1(CCCO)c2cc(Br)cc3c2-c2c(cc(I)cc21)COC3. The summed E-state index contributed by atoms with van der Waals surface area (Å²) >= 11 is 6.08. The van der Waals surface area contributed by atoms with Crippen LogP contribution in [0.3, 0.4) is 0 Å². The number of benzene rings is 2. The van der Waals surface area contributed by atoms with Crippen LogP contribution in [0.1, 0.15) is 47.9 Å². The molecule has 138 valence electrons. The third-order valence-corrected chi connectivity index (χ3v) is 6.77. The second kappa shape index (κ2) is 7.51. The fourth-order valence-electron chi connectivity index (χ4n) is 4.74. The van der Waals surface area contributed by atoms with Gasteiger partial charge >= 0.3 is 0 Å². The molecule has 0 fully saturated rings. The predicted octanol–water partition coefficient (Wildman–Crippen LogP) is 4.90. The van der Waals surface area contributed by atoms with Crippen molar-refractivity contribution in [1.29, 1.82) is 0 Å². The van der Waals surface area contributed by atoms with Gasteiger partial charge in [-0.05, 0) is 106 Å². The predicted molar refractivity (Wildman–Crippen MR) is 114 cm³/mol. The van der Waals surface area contributed by atoms with E-state index < -0.39 is 0 Å². The quantitative estimate of drug-likeness (QED) is 0.524. The van der Waals surface area contributed by atoms with Crippen molar-refractivity contribution < 1.29 is 14.9 Å². The Hall–Kier alpha value is -0.470. The van der Waals surface area contributed by atoms with E-state index in [1.807, 2.05) is 0 Å². The van der Waals surface area contributed by atoms with Gasteiger partial charge in [0, 0.05) is 26.7 Å².